The van der Waals surface area contributed by atoms with Crippen molar-refractivity contribution in [2.24, 2.45) is 0 Å². The molecular weight excluding hydrogens is 318 g/mol. The van der Waals surface area contributed by atoms with Crippen LogP contribution in [-0.2, 0) is 0 Å². The van der Waals surface area contributed by atoms with Gasteiger partial charge in [0.1, 0.15) is 0 Å². The first-order valence-electron chi connectivity index (χ1n) is 8.16. The minimum absolute atomic E-state index is 0.0170. The van der Waals surface area contributed by atoms with Crippen LogP contribution in [0.5, 0.6) is 0 Å². The number of carbonyl (C=O) groups excluding carboxylic acids is 1. The third-order valence-electron chi connectivity index (χ3n) is 3.84. The molecule has 1 aromatic heterocycles. The van der Waals surface area contributed by atoms with Gasteiger partial charge in [-0.15, -0.1) is 0 Å². The summed E-state index contributed by atoms with van der Waals surface area (Å²) in [5.41, 5.74) is 1.65. The Bertz CT molecular complexity index is 781. The maximum absolute atomic E-state index is 13.0. The van der Waals surface area contributed by atoms with Gasteiger partial charge >= 0.3 is 0 Å². The van der Waals surface area contributed by atoms with Crippen LogP contribution in [-0.4, -0.2) is 38.1 Å². The molecule has 0 aliphatic rings. The SMILES string of the molecule is C[NH+](C)CCCN(C(=O)c1ccccc1)c1nc2ccccc2s1. The molecule has 0 fully saturated rings. The van der Waals surface area contributed by atoms with E-state index in [2.05, 4.69) is 19.1 Å². The normalized spacial score (nSPS) is 11.1. The quantitative estimate of drug-likeness (QED) is 0.749. The zero-order valence-electron chi connectivity index (χ0n) is 14.0. The second-order valence-corrected chi connectivity index (χ2v) is 7.11. The first kappa shape index (κ1) is 16.6. The maximum atomic E-state index is 13.0. The Labute approximate surface area is 146 Å². The number of rotatable bonds is 6. The number of benzene rings is 2. The average molecular weight is 340 g/mol. The van der Waals surface area contributed by atoms with Crippen molar-refractivity contribution in [3.8, 4) is 0 Å². The topological polar surface area (TPSA) is 37.6 Å². The highest BCUT2D eigenvalue weighted by Gasteiger charge is 2.21. The van der Waals surface area contributed by atoms with Gasteiger partial charge in [0.05, 0.1) is 30.9 Å². The van der Waals surface area contributed by atoms with Gasteiger partial charge < -0.3 is 4.90 Å². The Morgan fingerprint density at radius 3 is 2.50 bits per heavy atom. The highest BCUT2D eigenvalue weighted by atomic mass is 32.1. The van der Waals surface area contributed by atoms with E-state index in [0.29, 0.717) is 12.1 Å². The smallest absolute Gasteiger partial charge is 0.260 e. The predicted molar refractivity (Wildman–Crippen MR) is 100 cm³/mol. The summed E-state index contributed by atoms with van der Waals surface area (Å²) in [4.78, 5) is 20.9. The summed E-state index contributed by atoms with van der Waals surface area (Å²) in [6.07, 6.45) is 0.941. The fraction of sp³-hybridized carbons (Fsp3) is 0.263. The van der Waals surface area contributed by atoms with Gasteiger partial charge in [0.2, 0.25) is 0 Å². The molecule has 1 amide bonds. The van der Waals surface area contributed by atoms with Gasteiger partial charge in [0.15, 0.2) is 5.13 Å². The van der Waals surface area contributed by atoms with E-state index in [1.807, 2.05) is 59.5 Å². The second-order valence-electron chi connectivity index (χ2n) is 6.10. The molecule has 0 radical (unpaired) electrons. The maximum Gasteiger partial charge on any atom is 0.260 e. The Balaban J connectivity index is 1.90. The molecule has 124 valence electrons. The van der Waals surface area contributed by atoms with E-state index < -0.39 is 0 Å². The van der Waals surface area contributed by atoms with Crippen LogP contribution >= 0.6 is 11.3 Å². The fourth-order valence-electron chi connectivity index (χ4n) is 2.59. The molecule has 3 rings (SSSR count). The number of hydrogen-bond donors (Lipinski definition) is 1. The average Bonchev–Trinajstić information content (AvgIpc) is 3.02. The lowest BCUT2D eigenvalue weighted by molar-refractivity contribution is -0.858. The third kappa shape index (κ3) is 3.80. The number of carbonyl (C=O) groups is 1. The lowest BCUT2D eigenvalue weighted by Gasteiger charge is -2.20. The van der Waals surface area contributed by atoms with Crippen LogP contribution < -0.4 is 9.80 Å². The van der Waals surface area contributed by atoms with Gasteiger partial charge in [0.25, 0.3) is 5.91 Å². The first-order valence-corrected chi connectivity index (χ1v) is 8.98. The van der Waals surface area contributed by atoms with Gasteiger partial charge in [-0.25, -0.2) is 4.98 Å². The number of para-hydroxylation sites is 1. The van der Waals surface area contributed by atoms with Crippen molar-refractivity contribution in [2.45, 2.75) is 6.42 Å². The number of amides is 1. The number of aromatic nitrogens is 1. The zero-order valence-corrected chi connectivity index (χ0v) is 14.8. The predicted octanol–water partition coefficient (Wildman–Crippen LogP) is 2.48. The lowest BCUT2D eigenvalue weighted by atomic mass is 10.2. The Morgan fingerprint density at radius 2 is 1.79 bits per heavy atom. The van der Waals surface area contributed by atoms with E-state index in [4.69, 9.17) is 0 Å². The van der Waals surface area contributed by atoms with E-state index >= 15 is 0 Å². The molecule has 0 atom stereocenters. The molecule has 0 spiro atoms. The summed E-state index contributed by atoms with van der Waals surface area (Å²) in [7, 11) is 4.25. The summed E-state index contributed by atoms with van der Waals surface area (Å²) in [6.45, 7) is 1.70. The van der Waals surface area contributed by atoms with E-state index in [1.54, 1.807) is 11.3 Å². The van der Waals surface area contributed by atoms with E-state index in [0.717, 1.165) is 28.3 Å². The van der Waals surface area contributed by atoms with E-state index in [9.17, 15) is 4.79 Å². The number of nitrogens with zero attached hydrogens (tertiary/aromatic N) is 2. The van der Waals surface area contributed by atoms with Crippen molar-refractivity contribution >= 4 is 32.6 Å². The molecule has 5 heteroatoms. The standard InChI is InChI=1S/C19H21N3OS/c1-21(2)13-8-14-22(18(23)15-9-4-3-5-10-15)19-20-16-11-6-7-12-17(16)24-19/h3-7,9-12H,8,13-14H2,1-2H3/p+1. The summed E-state index contributed by atoms with van der Waals surface area (Å²) < 4.78 is 1.11. The molecule has 2 aromatic carbocycles. The summed E-state index contributed by atoms with van der Waals surface area (Å²) in [5, 5.41) is 0.777. The lowest BCUT2D eigenvalue weighted by Crippen LogP contribution is -3.05. The molecule has 0 saturated carbocycles. The van der Waals surface area contributed by atoms with Crippen molar-refractivity contribution in [2.75, 3.05) is 32.1 Å². The summed E-state index contributed by atoms with van der Waals surface area (Å²) in [6, 6.07) is 17.5. The monoisotopic (exact) mass is 340 g/mol. The van der Waals surface area contributed by atoms with Crippen LogP contribution in [0.15, 0.2) is 54.6 Å². The largest absolute Gasteiger partial charge is 0.340 e. The molecular formula is C19H22N3OS+. The van der Waals surface area contributed by atoms with Gasteiger partial charge in [-0.2, -0.15) is 0 Å². The van der Waals surface area contributed by atoms with Crippen LogP contribution in [0.1, 0.15) is 16.8 Å². The molecule has 4 nitrogen and oxygen atoms in total. The van der Waals surface area contributed by atoms with Crippen molar-refractivity contribution in [3.05, 3.63) is 60.2 Å². The molecule has 0 bridgehead atoms. The van der Waals surface area contributed by atoms with Gasteiger partial charge in [-0.05, 0) is 24.3 Å². The fourth-order valence-corrected chi connectivity index (χ4v) is 3.58. The minimum Gasteiger partial charge on any atom is -0.340 e. The van der Waals surface area contributed by atoms with Crippen molar-refractivity contribution in [1.29, 1.82) is 0 Å². The van der Waals surface area contributed by atoms with Gasteiger partial charge in [0, 0.05) is 18.5 Å². The number of thiazole rings is 1. The number of fused-ring (bicyclic) bond motifs is 1. The minimum atomic E-state index is 0.0170. The molecule has 0 unspecified atom stereocenters. The summed E-state index contributed by atoms with van der Waals surface area (Å²) >= 11 is 1.57. The van der Waals surface area contributed by atoms with E-state index in [1.165, 1.54) is 4.90 Å². The zero-order chi connectivity index (χ0) is 16.9. The number of nitrogens with one attached hydrogen (secondary N) is 1. The van der Waals surface area contributed by atoms with Crippen molar-refractivity contribution < 1.29 is 9.69 Å². The van der Waals surface area contributed by atoms with Gasteiger partial charge in [-0.3, -0.25) is 9.69 Å². The van der Waals surface area contributed by atoms with Crippen LogP contribution in [0.25, 0.3) is 10.2 Å². The van der Waals surface area contributed by atoms with Crippen LogP contribution in [0.2, 0.25) is 0 Å². The second kappa shape index (κ2) is 7.55. The number of quaternary nitrogens is 1. The third-order valence-corrected chi connectivity index (χ3v) is 4.90. The van der Waals surface area contributed by atoms with Gasteiger partial charge in [-0.1, -0.05) is 41.7 Å². The summed E-state index contributed by atoms with van der Waals surface area (Å²) in [5.74, 6) is 0.0170. The molecule has 1 N–H and O–H groups in total. The van der Waals surface area contributed by atoms with Crippen molar-refractivity contribution in [3.63, 3.8) is 0 Å². The van der Waals surface area contributed by atoms with E-state index in [-0.39, 0.29) is 5.91 Å². The molecule has 24 heavy (non-hydrogen) atoms. The molecule has 0 aliphatic carbocycles. The number of hydrogen-bond acceptors (Lipinski definition) is 3. The van der Waals surface area contributed by atoms with Crippen LogP contribution in [0, 0.1) is 0 Å². The first-order chi connectivity index (χ1) is 11.6. The highest BCUT2D eigenvalue weighted by molar-refractivity contribution is 7.22. The Hall–Kier alpha value is -2.24. The molecule has 1 heterocycles. The molecule has 0 saturated heterocycles. The number of anilines is 1. The highest BCUT2D eigenvalue weighted by Crippen LogP contribution is 2.29. The molecule has 0 aliphatic heterocycles. The Kier molecular flexibility index (Phi) is 5.23. The molecule has 3 aromatic rings. The van der Waals surface area contributed by atoms with Crippen LogP contribution in [0.4, 0.5) is 5.13 Å². The van der Waals surface area contributed by atoms with Crippen LogP contribution in [0.3, 0.4) is 0 Å². The Morgan fingerprint density at radius 1 is 1.08 bits per heavy atom. The van der Waals surface area contributed by atoms with Crippen molar-refractivity contribution in [1.82, 2.24) is 4.98 Å².